The number of sulfonamides is 1. The lowest BCUT2D eigenvalue weighted by molar-refractivity contribution is -0.121. The molecular formula is C14H16ClN3O3S2. The average Bonchev–Trinajstić information content (AvgIpc) is 3.04. The van der Waals surface area contributed by atoms with Gasteiger partial charge in [-0.2, -0.15) is 9.30 Å². The van der Waals surface area contributed by atoms with Gasteiger partial charge in [-0.25, -0.2) is 8.42 Å². The van der Waals surface area contributed by atoms with Crippen LogP contribution in [0.4, 0.5) is 0 Å². The first kappa shape index (κ1) is 16.6. The number of thiazole rings is 1. The van der Waals surface area contributed by atoms with E-state index in [2.05, 4.69) is 4.99 Å². The minimum absolute atomic E-state index is 0.374. The molecule has 2 heterocycles. The highest BCUT2D eigenvalue weighted by atomic mass is 35.5. The normalized spacial score (nSPS) is 20.5. The summed E-state index contributed by atoms with van der Waals surface area (Å²) in [6.45, 7) is 0.374. The Kier molecular flexibility index (Phi) is 4.35. The van der Waals surface area contributed by atoms with Crippen LogP contribution in [0, 0.1) is 0 Å². The fraction of sp³-hybridized carbons (Fsp3) is 0.429. The Labute approximate surface area is 143 Å². The lowest BCUT2D eigenvalue weighted by atomic mass is 10.2. The molecule has 23 heavy (non-hydrogen) atoms. The Balaban J connectivity index is 2.01. The maximum Gasteiger partial charge on any atom is 0.266 e. The molecule has 1 aromatic carbocycles. The Morgan fingerprint density at radius 2 is 2.17 bits per heavy atom. The van der Waals surface area contributed by atoms with E-state index < -0.39 is 22.0 Å². The summed E-state index contributed by atoms with van der Waals surface area (Å²) >= 11 is 7.34. The molecule has 0 aliphatic carbocycles. The van der Waals surface area contributed by atoms with Gasteiger partial charge in [0.1, 0.15) is 6.04 Å². The predicted octanol–water partition coefficient (Wildman–Crippen LogP) is 1.74. The Bertz CT molecular complexity index is 946. The van der Waals surface area contributed by atoms with Gasteiger partial charge in [-0.05, 0) is 31.0 Å². The number of fused-ring (bicyclic) bond motifs is 1. The van der Waals surface area contributed by atoms with E-state index in [4.69, 9.17) is 11.6 Å². The number of carbonyl (C=O) groups excluding carboxylic acids is 1. The second-order valence-corrected chi connectivity index (χ2v) is 8.92. The quantitative estimate of drug-likeness (QED) is 0.805. The molecule has 0 saturated carbocycles. The second kappa shape index (κ2) is 6.01. The molecule has 1 amide bonds. The highest BCUT2D eigenvalue weighted by Crippen LogP contribution is 2.23. The molecule has 1 aliphatic rings. The minimum Gasteiger partial charge on any atom is -0.319 e. The number of nitrogens with zero attached hydrogens (tertiary/aromatic N) is 3. The van der Waals surface area contributed by atoms with Crippen molar-refractivity contribution in [3.05, 3.63) is 28.0 Å². The largest absolute Gasteiger partial charge is 0.319 e. The number of hydrogen-bond donors (Lipinski definition) is 0. The van der Waals surface area contributed by atoms with Crippen LogP contribution in [0.5, 0.6) is 0 Å². The highest BCUT2D eigenvalue weighted by Gasteiger charge is 2.36. The van der Waals surface area contributed by atoms with Crippen molar-refractivity contribution in [2.45, 2.75) is 18.9 Å². The van der Waals surface area contributed by atoms with Gasteiger partial charge in [-0.15, -0.1) is 0 Å². The van der Waals surface area contributed by atoms with Crippen molar-refractivity contribution in [2.24, 2.45) is 12.0 Å². The van der Waals surface area contributed by atoms with Crippen molar-refractivity contribution >= 4 is 49.1 Å². The highest BCUT2D eigenvalue weighted by molar-refractivity contribution is 7.88. The van der Waals surface area contributed by atoms with Crippen LogP contribution in [-0.4, -0.2) is 42.0 Å². The summed E-state index contributed by atoms with van der Waals surface area (Å²) in [6.07, 6.45) is 2.31. The molecule has 6 nitrogen and oxygen atoms in total. The van der Waals surface area contributed by atoms with Crippen LogP contribution in [0.3, 0.4) is 0 Å². The number of aryl methyl sites for hydroxylation is 1. The molecule has 0 bridgehead atoms. The van der Waals surface area contributed by atoms with E-state index in [1.54, 1.807) is 6.07 Å². The fourth-order valence-electron chi connectivity index (χ4n) is 2.77. The van der Waals surface area contributed by atoms with E-state index >= 15 is 0 Å². The number of hydrogen-bond acceptors (Lipinski definition) is 4. The van der Waals surface area contributed by atoms with Crippen molar-refractivity contribution in [3.63, 3.8) is 0 Å². The molecule has 1 aromatic heterocycles. The Hall–Kier alpha value is -1.22. The van der Waals surface area contributed by atoms with Crippen LogP contribution in [0.2, 0.25) is 5.02 Å². The van der Waals surface area contributed by atoms with E-state index in [-0.39, 0.29) is 0 Å². The minimum atomic E-state index is -3.40. The summed E-state index contributed by atoms with van der Waals surface area (Å²) < 4.78 is 27.5. The van der Waals surface area contributed by atoms with Crippen LogP contribution in [0.1, 0.15) is 12.8 Å². The zero-order valence-corrected chi connectivity index (χ0v) is 15.1. The first-order valence-corrected chi connectivity index (χ1v) is 10.1. The number of carbonyl (C=O) groups is 1. The predicted molar refractivity (Wildman–Crippen MR) is 90.9 cm³/mol. The van der Waals surface area contributed by atoms with Crippen LogP contribution in [0.15, 0.2) is 23.2 Å². The molecular weight excluding hydrogens is 358 g/mol. The van der Waals surface area contributed by atoms with Gasteiger partial charge in [-0.3, -0.25) is 4.79 Å². The first-order chi connectivity index (χ1) is 10.8. The first-order valence-electron chi connectivity index (χ1n) is 7.08. The summed E-state index contributed by atoms with van der Waals surface area (Å²) in [7, 11) is -1.58. The fourth-order valence-corrected chi connectivity index (χ4v) is 5.19. The third kappa shape index (κ3) is 3.21. The van der Waals surface area contributed by atoms with Crippen molar-refractivity contribution < 1.29 is 13.2 Å². The van der Waals surface area contributed by atoms with Gasteiger partial charge in [0, 0.05) is 18.6 Å². The van der Waals surface area contributed by atoms with Gasteiger partial charge in [0.2, 0.25) is 10.0 Å². The van der Waals surface area contributed by atoms with Crippen molar-refractivity contribution in [2.75, 3.05) is 12.8 Å². The Morgan fingerprint density at radius 1 is 1.43 bits per heavy atom. The number of benzene rings is 1. The van der Waals surface area contributed by atoms with E-state index in [0.29, 0.717) is 29.2 Å². The van der Waals surface area contributed by atoms with Gasteiger partial charge >= 0.3 is 0 Å². The SMILES string of the molecule is Cn1c(=NC(=O)C2CCCN2S(C)(=O)=O)sc2cc(Cl)ccc21. The number of amides is 1. The lowest BCUT2D eigenvalue weighted by Crippen LogP contribution is -2.39. The molecule has 0 radical (unpaired) electrons. The van der Waals surface area contributed by atoms with E-state index in [1.807, 2.05) is 23.7 Å². The molecule has 1 atom stereocenters. The van der Waals surface area contributed by atoms with Crippen LogP contribution < -0.4 is 4.80 Å². The molecule has 9 heteroatoms. The summed E-state index contributed by atoms with van der Waals surface area (Å²) in [5.41, 5.74) is 0.928. The van der Waals surface area contributed by atoms with E-state index in [9.17, 15) is 13.2 Å². The number of rotatable bonds is 2. The maximum absolute atomic E-state index is 12.5. The third-order valence-electron chi connectivity index (χ3n) is 3.89. The average molecular weight is 374 g/mol. The van der Waals surface area contributed by atoms with Gasteiger partial charge in [0.05, 0.1) is 16.5 Å². The molecule has 0 N–H and O–H groups in total. The lowest BCUT2D eigenvalue weighted by Gasteiger charge is -2.18. The summed E-state index contributed by atoms with van der Waals surface area (Å²) in [5.74, 6) is -0.416. The number of aromatic nitrogens is 1. The standard InChI is InChI=1S/C14H16ClN3O3S2/c1-17-10-6-5-9(15)8-12(10)22-14(17)16-13(19)11-4-3-7-18(11)23(2,20)21/h5-6,8,11H,3-4,7H2,1-2H3. The molecule has 1 aliphatic heterocycles. The molecule has 1 unspecified atom stereocenters. The monoisotopic (exact) mass is 373 g/mol. The summed E-state index contributed by atoms with van der Waals surface area (Å²) in [6, 6.07) is 4.78. The molecule has 0 spiro atoms. The summed E-state index contributed by atoms with van der Waals surface area (Å²) in [5, 5.41) is 0.622. The van der Waals surface area contributed by atoms with Crippen LogP contribution >= 0.6 is 22.9 Å². The molecule has 124 valence electrons. The van der Waals surface area contributed by atoms with E-state index in [1.165, 1.54) is 15.6 Å². The zero-order valence-electron chi connectivity index (χ0n) is 12.7. The molecule has 3 rings (SSSR count). The smallest absolute Gasteiger partial charge is 0.266 e. The second-order valence-electron chi connectivity index (χ2n) is 5.54. The maximum atomic E-state index is 12.5. The van der Waals surface area contributed by atoms with E-state index in [0.717, 1.165) is 16.5 Å². The van der Waals surface area contributed by atoms with Crippen LogP contribution in [0.25, 0.3) is 10.2 Å². The van der Waals surface area contributed by atoms with Crippen molar-refractivity contribution in [3.8, 4) is 0 Å². The topological polar surface area (TPSA) is 71.7 Å². The number of halogens is 1. The Morgan fingerprint density at radius 3 is 2.87 bits per heavy atom. The molecule has 2 aromatic rings. The van der Waals surface area contributed by atoms with Crippen LogP contribution in [-0.2, 0) is 21.9 Å². The van der Waals surface area contributed by atoms with Gasteiger partial charge in [0.25, 0.3) is 5.91 Å². The molecule has 1 saturated heterocycles. The molecule has 1 fully saturated rings. The van der Waals surface area contributed by atoms with Gasteiger partial charge in [-0.1, -0.05) is 22.9 Å². The zero-order chi connectivity index (χ0) is 16.8. The summed E-state index contributed by atoms with van der Waals surface area (Å²) in [4.78, 5) is 17.2. The third-order valence-corrected chi connectivity index (χ3v) is 6.51. The van der Waals surface area contributed by atoms with Crippen molar-refractivity contribution in [1.82, 2.24) is 8.87 Å². The van der Waals surface area contributed by atoms with Crippen molar-refractivity contribution in [1.29, 1.82) is 0 Å². The van der Waals surface area contributed by atoms with Gasteiger partial charge in [0.15, 0.2) is 4.80 Å². The van der Waals surface area contributed by atoms with Gasteiger partial charge < -0.3 is 4.57 Å².